The highest BCUT2D eigenvalue weighted by Crippen LogP contribution is 2.44. The lowest BCUT2D eigenvalue weighted by Crippen LogP contribution is -2.31. The summed E-state index contributed by atoms with van der Waals surface area (Å²) in [6.45, 7) is 1.81. The van der Waals surface area contributed by atoms with E-state index < -0.39 is 6.04 Å². The fourth-order valence-electron chi connectivity index (χ4n) is 4.53. The van der Waals surface area contributed by atoms with Gasteiger partial charge in [-0.25, -0.2) is 4.68 Å². The Morgan fingerprint density at radius 3 is 2.33 bits per heavy atom. The summed E-state index contributed by atoms with van der Waals surface area (Å²) in [5.74, 6) is 1.61. The van der Waals surface area contributed by atoms with Gasteiger partial charge < -0.3 is 30.0 Å². The molecular weight excluding hydrogens is 530 g/mol. The molecule has 0 radical (unpaired) electrons. The average Bonchev–Trinajstić information content (AvgIpc) is 3.38. The Bertz CT molecular complexity index is 1550. The second-order valence-electron chi connectivity index (χ2n) is 8.93. The lowest BCUT2D eigenvalue weighted by atomic mass is 9.94. The largest absolute Gasteiger partial charge is 0.502 e. The summed E-state index contributed by atoms with van der Waals surface area (Å²) in [6, 6.07) is 19.9. The first-order valence-corrected chi connectivity index (χ1v) is 13.4. The van der Waals surface area contributed by atoms with Crippen molar-refractivity contribution in [3.8, 4) is 23.0 Å². The first-order valence-electron chi connectivity index (χ1n) is 12.4. The van der Waals surface area contributed by atoms with Gasteiger partial charge in [0.2, 0.25) is 16.9 Å². The van der Waals surface area contributed by atoms with Crippen LogP contribution in [0.5, 0.6) is 23.0 Å². The first-order chi connectivity index (χ1) is 19.4. The molecule has 0 saturated carbocycles. The van der Waals surface area contributed by atoms with Crippen molar-refractivity contribution in [2.75, 3.05) is 32.0 Å². The summed E-state index contributed by atoms with van der Waals surface area (Å²) >= 11 is 1.49. The van der Waals surface area contributed by atoms with Gasteiger partial charge in [-0.3, -0.25) is 4.79 Å². The lowest BCUT2D eigenvalue weighted by molar-refractivity contribution is -0.113. The van der Waals surface area contributed by atoms with Crippen LogP contribution in [-0.4, -0.2) is 47.1 Å². The summed E-state index contributed by atoms with van der Waals surface area (Å²) in [7, 11) is 4.46. The van der Waals surface area contributed by atoms with Gasteiger partial charge in [0, 0.05) is 11.4 Å². The van der Waals surface area contributed by atoms with Gasteiger partial charge in [-0.1, -0.05) is 54.2 Å². The smallest absolute Gasteiger partial charge is 0.255 e. The molecule has 1 aromatic heterocycles. The number of carbonyl (C=O) groups excluding carboxylic acids is 1. The van der Waals surface area contributed by atoms with Crippen molar-refractivity contribution in [3.63, 3.8) is 0 Å². The minimum absolute atomic E-state index is 0.138. The Hall–Kier alpha value is -4.64. The number of rotatable bonds is 9. The number of fused-ring (bicyclic) bond motifs is 1. The van der Waals surface area contributed by atoms with Crippen molar-refractivity contribution < 1.29 is 24.1 Å². The highest BCUT2D eigenvalue weighted by atomic mass is 32.2. The summed E-state index contributed by atoms with van der Waals surface area (Å²) in [5.41, 5.74) is 3.28. The molecule has 2 heterocycles. The van der Waals surface area contributed by atoms with E-state index >= 15 is 0 Å². The molecule has 4 aromatic rings. The molecule has 0 fully saturated rings. The number of thioether (sulfide) groups is 1. The highest BCUT2D eigenvalue weighted by Gasteiger charge is 2.36. The number of nitrogens with one attached hydrogen (secondary N) is 2. The number of benzene rings is 3. The van der Waals surface area contributed by atoms with Crippen LogP contribution in [0.15, 0.2) is 83.2 Å². The molecule has 11 heteroatoms. The van der Waals surface area contributed by atoms with E-state index in [4.69, 9.17) is 24.3 Å². The number of carbonyl (C=O) groups is 1. The normalized spacial score (nSPS) is 14.2. The van der Waals surface area contributed by atoms with Gasteiger partial charge in [0.15, 0.2) is 11.5 Å². The molecule has 1 aliphatic heterocycles. The van der Waals surface area contributed by atoms with Crippen LogP contribution >= 0.6 is 11.8 Å². The number of phenolic OH excluding ortho intramolecular Hbond substituents is 1. The van der Waals surface area contributed by atoms with Gasteiger partial charge in [0.05, 0.1) is 32.6 Å². The topological polar surface area (TPSA) is 120 Å². The third-order valence-electron chi connectivity index (χ3n) is 6.46. The summed E-state index contributed by atoms with van der Waals surface area (Å²) in [6.07, 6.45) is 0. The van der Waals surface area contributed by atoms with Crippen LogP contribution in [0, 0.1) is 0 Å². The van der Waals surface area contributed by atoms with Gasteiger partial charge in [-0.15, -0.1) is 5.10 Å². The van der Waals surface area contributed by atoms with E-state index in [0.717, 1.165) is 5.56 Å². The molecular formula is C29H29N5O5S. The van der Waals surface area contributed by atoms with Crippen LogP contribution in [0.25, 0.3) is 0 Å². The molecule has 5 rings (SSSR count). The number of para-hydroxylation sites is 2. The van der Waals surface area contributed by atoms with Gasteiger partial charge >= 0.3 is 0 Å². The first kappa shape index (κ1) is 26.9. The number of anilines is 2. The molecule has 0 saturated heterocycles. The van der Waals surface area contributed by atoms with E-state index in [0.29, 0.717) is 45.1 Å². The number of hydrogen-bond donors (Lipinski definition) is 3. The summed E-state index contributed by atoms with van der Waals surface area (Å²) in [5, 5.41) is 22.1. The summed E-state index contributed by atoms with van der Waals surface area (Å²) in [4.78, 5) is 18.6. The fourth-order valence-corrected chi connectivity index (χ4v) is 5.31. The third kappa shape index (κ3) is 5.28. The Kier molecular flexibility index (Phi) is 7.83. The lowest BCUT2D eigenvalue weighted by Gasteiger charge is -2.29. The Balaban J connectivity index is 1.58. The predicted molar refractivity (Wildman–Crippen MR) is 153 cm³/mol. The van der Waals surface area contributed by atoms with Crippen LogP contribution in [0.3, 0.4) is 0 Å². The number of aromatic hydroxyl groups is 1. The quantitative estimate of drug-likeness (QED) is 0.237. The maximum absolute atomic E-state index is 13.9. The molecule has 1 amide bonds. The van der Waals surface area contributed by atoms with Crippen molar-refractivity contribution in [2.45, 2.75) is 23.9 Å². The van der Waals surface area contributed by atoms with Crippen LogP contribution < -0.4 is 24.8 Å². The number of methoxy groups -OCH3 is 3. The monoisotopic (exact) mass is 559 g/mol. The van der Waals surface area contributed by atoms with Crippen molar-refractivity contribution >= 4 is 29.3 Å². The van der Waals surface area contributed by atoms with E-state index in [1.807, 2.05) is 49.4 Å². The number of allylic oxidation sites excluding steroid dienone is 1. The standard InChI is InChI=1S/C29H29N5O5S/c1-17-24(27(36)31-20-12-8-9-13-21(20)37-2)25(19-14-22(38-3)26(35)23(15-19)39-4)34-28(30-17)32-29(33-34)40-16-18-10-6-5-7-11-18/h5-15,25,35H,16H2,1-4H3,(H,31,36)(H,30,32,33). The van der Waals surface area contributed by atoms with Gasteiger partial charge in [-0.2, -0.15) is 4.98 Å². The van der Waals surface area contributed by atoms with Crippen LogP contribution in [0.2, 0.25) is 0 Å². The van der Waals surface area contributed by atoms with E-state index in [1.165, 1.54) is 26.0 Å². The van der Waals surface area contributed by atoms with Gasteiger partial charge in [0.25, 0.3) is 5.91 Å². The minimum Gasteiger partial charge on any atom is -0.502 e. The van der Waals surface area contributed by atoms with Crippen molar-refractivity contribution in [2.24, 2.45) is 0 Å². The molecule has 1 aliphatic rings. The third-order valence-corrected chi connectivity index (χ3v) is 7.37. The zero-order valence-corrected chi connectivity index (χ0v) is 23.3. The SMILES string of the molecule is COc1ccccc1NC(=O)C1=C(C)Nc2nc(SCc3ccccc3)nn2C1c1cc(OC)c(O)c(OC)c1. The summed E-state index contributed by atoms with van der Waals surface area (Å²) < 4.78 is 17.9. The van der Waals surface area contributed by atoms with Crippen LogP contribution in [0.4, 0.5) is 11.6 Å². The molecule has 3 aromatic carbocycles. The number of amides is 1. The molecule has 0 aliphatic carbocycles. The van der Waals surface area contributed by atoms with Crippen molar-refractivity contribution in [1.82, 2.24) is 14.8 Å². The zero-order valence-electron chi connectivity index (χ0n) is 22.5. The maximum atomic E-state index is 13.9. The molecule has 206 valence electrons. The highest BCUT2D eigenvalue weighted by molar-refractivity contribution is 7.98. The van der Waals surface area contributed by atoms with Crippen LogP contribution in [-0.2, 0) is 10.5 Å². The van der Waals surface area contributed by atoms with Crippen molar-refractivity contribution in [1.29, 1.82) is 0 Å². The van der Waals surface area contributed by atoms with E-state index in [-0.39, 0.29) is 23.2 Å². The fraction of sp³-hybridized carbons (Fsp3) is 0.207. The van der Waals surface area contributed by atoms with Gasteiger partial charge in [-0.05, 0) is 42.3 Å². The maximum Gasteiger partial charge on any atom is 0.255 e. The van der Waals surface area contributed by atoms with Crippen molar-refractivity contribution in [3.05, 3.63) is 89.1 Å². The molecule has 10 nitrogen and oxygen atoms in total. The number of hydrogen-bond acceptors (Lipinski definition) is 9. The molecule has 1 atom stereocenters. The van der Waals surface area contributed by atoms with Crippen LogP contribution in [0.1, 0.15) is 24.1 Å². The molecule has 0 spiro atoms. The van der Waals surface area contributed by atoms with Gasteiger partial charge in [0.1, 0.15) is 11.8 Å². The zero-order chi connectivity index (χ0) is 28.2. The average molecular weight is 560 g/mol. The molecule has 40 heavy (non-hydrogen) atoms. The second-order valence-corrected chi connectivity index (χ2v) is 9.87. The van der Waals surface area contributed by atoms with E-state index in [2.05, 4.69) is 10.6 Å². The molecule has 1 unspecified atom stereocenters. The second kappa shape index (κ2) is 11.6. The van der Waals surface area contributed by atoms with E-state index in [1.54, 1.807) is 36.1 Å². The Morgan fingerprint density at radius 2 is 1.65 bits per heavy atom. The number of nitrogens with zero attached hydrogens (tertiary/aromatic N) is 3. The molecule has 0 bridgehead atoms. The number of aromatic nitrogens is 3. The Morgan fingerprint density at radius 1 is 1.00 bits per heavy atom. The minimum atomic E-state index is -0.715. The van der Waals surface area contributed by atoms with E-state index in [9.17, 15) is 9.90 Å². The number of phenols is 1. The predicted octanol–water partition coefficient (Wildman–Crippen LogP) is 5.23. The molecule has 3 N–H and O–H groups in total. The Labute approximate surface area is 236 Å². The number of ether oxygens (including phenoxy) is 3.